The van der Waals surface area contributed by atoms with Gasteiger partial charge in [-0.25, -0.2) is 0 Å². The van der Waals surface area contributed by atoms with Crippen molar-refractivity contribution in [2.45, 2.75) is 44.6 Å². The fourth-order valence-electron chi connectivity index (χ4n) is 3.80. The average Bonchev–Trinajstić information content (AvgIpc) is 2.93. The van der Waals surface area contributed by atoms with Crippen LogP contribution in [0.1, 0.15) is 38.5 Å². The van der Waals surface area contributed by atoms with Crippen molar-refractivity contribution in [1.29, 1.82) is 0 Å². The summed E-state index contributed by atoms with van der Waals surface area (Å²) in [5, 5.41) is 7.49. The van der Waals surface area contributed by atoms with Crippen LogP contribution >= 0.6 is 0 Å². The molecule has 0 radical (unpaired) electrons. The Bertz CT molecular complexity index is 636. The number of ether oxygens (including phenoxy) is 1. The van der Waals surface area contributed by atoms with Crippen LogP contribution in [-0.2, 0) is 16.6 Å². The number of nitrogens with one attached hydrogen (secondary N) is 1. The quantitative estimate of drug-likeness (QED) is 0.364. The van der Waals surface area contributed by atoms with Crippen molar-refractivity contribution in [1.82, 2.24) is 20.0 Å². The molecule has 1 saturated heterocycles. The van der Waals surface area contributed by atoms with E-state index in [0.29, 0.717) is 32.3 Å². The summed E-state index contributed by atoms with van der Waals surface area (Å²) in [4.78, 5) is 20.7. The van der Waals surface area contributed by atoms with E-state index in [4.69, 9.17) is 4.74 Å². The average molecular weight is 377 g/mol. The van der Waals surface area contributed by atoms with Gasteiger partial charge in [-0.15, -0.1) is 0 Å². The third kappa shape index (κ3) is 5.45. The first-order valence-electron chi connectivity index (χ1n) is 10.0. The maximum atomic E-state index is 12.5. The number of hydrogen-bond donors (Lipinski definition) is 1. The zero-order valence-corrected chi connectivity index (χ0v) is 16.6. The van der Waals surface area contributed by atoms with Gasteiger partial charge in [0.2, 0.25) is 5.91 Å². The van der Waals surface area contributed by atoms with Crippen molar-refractivity contribution >= 4 is 17.6 Å². The van der Waals surface area contributed by atoms with Gasteiger partial charge in [0.25, 0.3) is 0 Å². The Hall–Kier alpha value is -2.09. The predicted molar refractivity (Wildman–Crippen MR) is 106 cm³/mol. The second kappa shape index (κ2) is 9.73. The number of guanidine groups is 1. The van der Waals surface area contributed by atoms with Crippen LogP contribution in [0, 0.1) is 0 Å². The van der Waals surface area contributed by atoms with Gasteiger partial charge in [-0.2, -0.15) is 5.10 Å². The summed E-state index contributed by atoms with van der Waals surface area (Å²) in [5.74, 6) is 0.825. The summed E-state index contributed by atoms with van der Waals surface area (Å²) >= 11 is 0. The summed E-state index contributed by atoms with van der Waals surface area (Å²) in [5.41, 5.74) is 0.849. The number of hydrogen-bond acceptors (Lipinski definition) is 4. The molecule has 0 aromatic carbocycles. The predicted octanol–water partition coefficient (Wildman–Crippen LogP) is 1.38. The second-order valence-corrected chi connectivity index (χ2v) is 7.30. The standard InChI is InChI=1S/C19H32N6O2/c1-20-19(21-9-12-27-17-7-5-3-4-6-8-17)24-10-11-25(18(26)15-24)16-13-22-23(2)14-16/h13-14,17H,3-12,15H2,1-2H3,(H,20,21). The topological polar surface area (TPSA) is 75.0 Å². The minimum atomic E-state index is 0.0619. The van der Waals surface area contributed by atoms with E-state index >= 15 is 0 Å². The molecule has 3 rings (SSSR count). The zero-order valence-electron chi connectivity index (χ0n) is 16.6. The van der Waals surface area contributed by atoms with Crippen LogP contribution in [0.25, 0.3) is 0 Å². The summed E-state index contributed by atoms with van der Waals surface area (Å²) < 4.78 is 7.74. The first-order valence-corrected chi connectivity index (χ1v) is 10.0. The molecule has 27 heavy (non-hydrogen) atoms. The van der Waals surface area contributed by atoms with Crippen LogP contribution in [0.5, 0.6) is 0 Å². The third-order valence-electron chi connectivity index (χ3n) is 5.28. The molecular formula is C19H32N6O2. The normalized spacial score (nSPS) is 20.1. The van der Waals surface area contributed by atoms with E-state index in [0.717, 1.165) is 18.2 Å². The molecule has 1 saturated carbocycles. The molecule has 1 aromatic rings. The molecule has 2 aliphatic rings. The monoisotopic (exact) mass is 376 g/mol. The minimum absolute atomic E-state index is 0.0619. The summed E-state index contributed by atoms with van der Waals surface area (Å²) in [6, 6.07) is 0. The van der Waals surface area contributed by atoms with E-state index < -0.39 is 0 Å². The van der Waals surface area contributed by atoms with Crippen LogP contribution in [-0.4, -0.2) is 72.5 Å². The lowest BCUT2D eigenvalue weighted by molar-refractivity contribution is -0.120. The first kappa shape index (κ1) is 19.7. The number of carbonyl (C=O) groups is 1. The van der Waals surface area contributed by atoms with Crippen molar-refractivity contribution in [3.05, 3.63) is 12.4 Å². The maximum absolute atomic E-state index is 12.5. The van der Waals surface area contributed by atoms with Crippen LogP contribution in [0.15, 0.2) is 17.4 Å². The van der Waals surface area contributed by atoms with Crippen LogP contribution in [0.2, 0.25) is 0 Å². The van der Waals surface area contributed by atoms with E-state index in [1.54, 1.807) is 22.8 Å². The molecule has 1 aliphatic carbocycles. The highest BCUT2D eigenvalue weighted by Gasteiger charge is 2.27. The third-order valence-corrected chi connectivity index (χ3v) is 5.28. The molecule has 0 unspecified atom stereocenters. The molecule has 1 aromatic heterocycles. The molecule has 2 heterocycles. The molecule has 0 spiro atoms. The van der Waals surface area contributed by atoms with Crippen molar-refractivity contribution in [3.8, 4) is 0 Å². The maximum Gasteiger partial charge on any atom is 0.246 e. The van der Waals surface area contributed by atoms with E-state index in [1.165, 1.54) is 38.5 Å². The fraction of sp³-hybridized carbons (Fsp3) is 0.737. The lowest BCUT2D eigenvalue weighted by Crippen LogP contribution is -2.55. The van der Waals surface area contributed by atoms with E-state index in [9.17, 15) is 4.79 Å². The van der Waals surface area contributed by atoms with Crippen LogP contribution in [0.4, 0.5) is 5.69 Å². The molecule has 1 amide bonds. The lowest BCUT2D eigenvalue weighted by Gasteiger charge is -2.35. The number of rotatable bonds is 5. The Morgan fingerprint density at radius 3 is 2.70 bits per heavy atom. The summed E-state index contributed by atoms with van der Waals surface area (Å²) in [6.07, 6.45) is 11.6. The van der Waals surface area contributed by atoms with Gasteiger partial charge in [0.15, 0.2) is 5.96 Å². The van der Waals surface area contributed by atoms with Gasteiger partial charge >= 0.3 is 0 Å². The van der Waals surface area contributed by atoms with Gasteiger partial charge in [0, 0.05) is 39.9 Å². The largest absolute Gasteiger partial charge is 0.376 e. The smallest absolute Gasteiger partial charge is 0.246 e. The molecular weight excluding hydrogens is 344 g/mol. The van der Waals surface area contributed by atoms with Gasteiger partial charge in [-0.1, -0.05) is 25.7 Å². The van der Waals surface area contributed by atoms with Gasteiger partial charge < -0.3 is 19.9 Å². The van der Waals surface area contributed by atoms with Crippen molar-refractivity contribution in [3.63, 3.8) is 0 Å². The Balaban J connectivity index is 1.42. The van der Waals surface area contributed by atoms with Crippen molar-refractivity contribution < 1.29 is 9.53 Å². The molecule has 8 heteroatoms. The highest BCUT2D eigenvalue weighted by molar-refractivity contribution is 5.98. The van der Waals surface area contributed by atoms with E-state index in [1.807, 2.05) is 18.1 Å². The van der Waals surface area contributed by atoms with Crippen LogP contribution < -0.4 is 10.2 Å². The van der Waals surface area contributed by atoms with Gasteiger partial charge in [-0.05, 0) is 12.8 Å². The lowest BCUT2D eigenvalue weighted by atomic mass is 10.1. The van der Waals surface area contributed by atoms with E-state index in [-0.39, 0.29) is 5.91 Å². The molecule has 150 valence electrons. The molecule has 1 aliphatic heterocycles. The fourth-order valence-corrected chi connectivity index (χ4v) is 3.80. The Labute approximate surface area is 161 Å². The highest BCUT2D eigenvalue weighted by Crippen LogP contribution is 2.19. The van der Waals surface area contributed by atoms with Gasteiger partial charge in [0.1, 0.15) is 6.54 Å². The van der Waals surface area contributed by atoms with Gasteiger partial charge in [-0.3, -0.25) is 14.5 Å². The Morgan fingerprint density at radius 1 is 1.30 bits per heavy atom. The number of aliphatic imine (C=N–C) groups is 1. The number of aryl methyl sites for hydroxylation is 1. The number of amides is 1. The molecule has 8 nitrogen and oxygen atoms in total. The molecule has 1 N–H and O–H groups in total. The Kier molecular flexibility index (Phi) is 7.09. The highest BCUT2D eigenvalue weighted by atomic mass is 16.5. The molecule has 0 bridgehead atoms. The summed E-state index contributed by atoms with van der Waals surface area (Å²) in [6.45, 7) is 3.07. The molecule has 2 fully saturated rings. The molecule has 0 atom stereocenters. The number of anilines is 1. The van der Waals surface area contributed by atoms with Crippen molar-refractivity contribution in [2.75, 3.05) is 44.7 Å². The number of carbonyl (C=O) groups excluding carboxylic acids is 1. The SMILES string of the molecule is CN=C(NCCOC1CCCCCC1)N1CCN(c2cnn(C)c2)C(=O)C1. The zero-order chi connectivity index (χ0) is 19.1. The number of piperazine rings is 1. The van der Waals surface area contributed by atoms with Crippen molar-refractivity contribution in [2.24, 2.45) is 12.0 Å². The first-order chi connectivity index (χ1) is 13.2. The van der Waals surface area contributed by atoms with Gasteiger partial charge in [0.05, 0.1) is 24.6 Å². The number of nitrogens with zero attached hydrogens (tertiary/aromatic N) is 5. The Morgan fingerprint density at radius 2 is 2.07 bits per heavy atom. The summed E-state index contributed by atoms with van der Waals surface area (Å²) in [7, 11) is 3.61. The second-order valence-electron chi connectivity index (χ2n) is 7.30. The minimum Gasteiger partial charge on any atom is -0.376 e. The number of aromatic nitrogens is 2. The van der Waals surface area contributed by atoms with Crippen LogP contribution in [0.3, 0.4) is 0 Å². The van der Waals surface area contributed by atoms with E-state index in [2.05, 4.69) is 15.4 Å².